The first-order chi connectivity index (χ1) is 9.78. The molecule has 0 bridgehead atoms. The first-order valence-corrected chi connectivity index (χ1v) is 6.93. The lowest BCUT2D eigenvalue weighted by atomic mass is 10.2. The summed E-state index contributed by atoms with van der Waals surface area (Å²) in [4.78, 5) is 9.10. The minimum Gasteiger partial charge on any atom is -0.384 e. The van der Waals surface area contributed by atoms with Gasteiger partial charge in [0.05, 0.1) is 16.7 Å². The number of rotatable bonds is 4. The van der Waals surface area contributed by atoms with Crippen LogP contribution in [0.25, 0.3) is 11.0 Å². The number of benzene rings is 1. The third-order valence-electron chi connectivity index (χ3n) is 3.35. The monoisotopic (exact) mass is 266 g/mol. The smallest absolute Gasteiger partial charge is 0.123 e. The summed E-state index contributed by atoms with van der Waals surface area (Å²) in [5.74, 6) is 1.60. The van der Waals surface area contributed by atoms with Gasteiger partial charge in [-0.1, -0.05) is 25.1 Å². The average Bonchev–Trinajstić information content (AvgIpc) is 2.77. The van der Waals surface area contributed by atoms with Gasteiger partial charge in [0, 0.05) is 13.0 Å². The molecule has 0 unspecified atom stereocenters. The van der Waals surface area contributed by atoms with Gasteiger partial charge in [0.1, 0.15) is 11.6 Å². The van der Waals surface area contributed by atoms with E-state index in [0.29, 0.717) is 12.2 Å². The molecule has 0 saturated carbocycles. The fraction of sp³-hybridized carbons (Fsp3) is 0.250. The highest BCUT2D eigenvalue weighted by atomic mass is 15.1. The van der Waals surface area contributed by atoms with Crippen LogP contribution in [0.5, 0.6) is 0 Å². The SMILES string of the molecule is CCCn1c(Cc2cccc(N)n2)nc2ccccc21. The van der Waals surface area contributed by atoms with Crippen molar-refractivity contribution >= 4 is 16.9 Å². The molecule has 2 aromatic heterocycles. The second kappa shape index (κ2) is 5.33. The molecule has 3 rings (SSSR count). The normalized spacial score (nSPS) is 11.1. The van der Waals surface area contributed by atoms with Crippen LogP contribution in [-0.2, 0) is 13.0 Å². The number of aryl methyl sites for hydroxylation is 1. The molecule has 2 N–H and O–H groups in total. The van der Waals surface area contributed by atoms with Crippen molar-refractivity contribution in [2.45, 2.75) is 26.3 Å². The van der Waals surface area contributed by atoms with E-state index in [2.05, 4.69) is 34.7 Å². The van der Waals surface area contributed by atoms with E-state index in [4.69, 9.17) is 10.7 Å². The number of nitrogens with zero attached hydrogens (tertiary/aromatic N) is 3. The number of hydrogen-bond donors (Lipinski definition) is 1. The average molecular weight is 266 g/mol. The van der Waals surface area contributed by atoms with Crippen LogP contribution in [-0.4, -0.2) is 14.5 Å². The summed E-state index contributed by atoms with van der Waals surface area (Å²) in [6.45, 7) is 3.15. The highest BCUT2D eigenvalue weighted by molar-refractivity contribution is 5.76. The molecule has 0 saturated heterocycles. The van der Waals surface area contributed by atoms with Gasteiger partial charge in [0.25, 0.3) is 0 Å². The molecule has 0 fully saturated rings. The number of aromatic nitrogens is 3. The maximum atomic E-state index is 5.75. The standard InChI is InChI=1S/C16H18N4/c1-2-10-20-14-8-4-3-7-13(14)19-16(20)11-12-6-5-9-15(17)18-12/h3-9H,2,10-11H2,1H3,(H2,17,18). The Balaban J connectivity index is 2.04. The van der Waals surface area contributed by atoms with Crippen LogP contribution in [0, 0.1) is 0 Å². The fourth-order valence-electron chi connectivity index (χ4n) is 2.49. The number of pyridine rings is 1. The number of anilines is 1. The number of imidazole rings is 1. The second-order valence-electron chi connectivity index (χ2n) is 4.90. The van der Waals surface area contributed by atoms with E-state index in [9.17, 15) is 0 Å². The van der Waals surface area contributed by atoms with Crippen molar-refractivity contribution in [2.75, 3.05) is 5.73 Å². The summed E-state index contributed by atoms with van der Waals surface area (Å²) < 4.78 is 2.28. The molecular weight excluding hydrogens is 248 g/mol. The molecule has 4 nitrogen and oxygen atoms in total. The molecule has 102 valence electrons. The van der Waals surface area contributed by atoms with Crippen molar-refractivity contribution in [3.63, 3.8) is 0 Å². The Morgan fingerprint density at radius 2 is 1.90 bits per heavy atom. The first kappa shape index (κ1) is 12.7. The van der Waals surface area contributed by atoms with Crippen LogP contribution in [0.1, 0.15) is 24.9 Å². The Labute approximate surface area is 118 Å². The van der Waals surface area contributed by atoms with Crippen LogP contribution >= 0.6 is 0 Å². The molecule has 0 aliphatic rings. The van der Waals surface area contributed by atoms with Gasteiger partial charge in [-0.2, -0.15) is 0 Å². The van der Waals surface area contributed by atoms with E-state index in [-0.39, 0.29) is 0 Å². The van der Waals surface area contributed by atoms with Crippen LogP contribution in [0.4, 0.5) is 5.82 Å². The van der Waals surface area contributed by atoms with Gasteiger partial charge < -0.3 is 10.3 Å². The van der Waals surface area contributed by atoms with Crippen molar-refractivity contribution in [1.29, 1.82) is 0 Å². The molecule has 0 amide bonds. The Kier molecular flexibility index (Phi) is 3.37. The van der Waals surface area contributed by atoms with Crippen LogP contribution in [0.2, 0.25) is 0 Å². The largest absolute Gasteiger partial charge is 0.384 e. The van der Waals surface area contributed by atoms with Crippen molar-refractivity contribution in [1.82, 2.24) is 14.5 Å². The van der Waals surface area contributed by atoms with Crippen molar-refractivity contribution in [2.24, 2.45) is 0 Å². The third-order valence-corrected chi connectivity index (χ3v) is 3.35. The lowest BCUT2D eigenvalue weighted by molar-refractivity contribution is 0.662. The molecule has 3 aromatic rings. The van der Waals surface area contributed by atoms with Gasteiger partial charge in [-0.15, -0.1) is 0 Å². The Bertz CT molecular complexity index is 730. The summed E-state index contributed by atoms with van der Waals surface area (Å²) in [7, 11) is 0. The van der Waals surface area contributed by atoms with E-state index >= 15 is 0 Å². The maximum absolute atomic E-state index is 5.75. The van der Waals surface area contributed by atoms with Gasteiger partial charge in [-0.25, -0.2) is 9.97 Å². The number of nitrogen functional groups attached to an aromatic ring is 1. The van der Waals surface area contributed by atoms with Crippen LogP contribution in [0.15, 0.2) is 42.5 Å². The number of hydrogen-bond acceptors (Lipinski definition) is 3. The van der Waals surface area contributed by atoms with Crippen LogP contribution < -0.4 is 5.73 Å². The molecule has 0 aliphatic heterocycles. The highest BCUT2D eigenvalue weighted by Gasteiger charge is 2.10. The molecule has 4 heteroatoms. The number of para-hydroxylation sites is 2. The molecule has 0 spiro atoms. The van der Waals surface area contributed by atoms with E-state index in [1.54, 1.807) is 6.07 Å². The molecule has 0 atom stereocenters. The fourth-order valence-corrected chi connectivity index (χ4v) is 2.49. The Morgan fingerprint density at radius 3 is 2.70 bits per heavy atom. The number of nitrogens with two attached hydrogens (primary N) is 1. The lowest BCUT2D eigenvalue weighted by Gasteiger charge is -2.07. The van der Waals surface area contributed by atoms with Gasteiger partial charge in [-0.05, 0) is 30.7 Å². The molecule has 0 aliphatic carbocycles. The Morgan fingerprint density at radius 1 is 1.05 bits per heavy atom. The van der Waals surface area contributed by atoms with Gasteiger partial charge in [-0.3, -0.25) is 0 Å². The van der Waals surface area contributed by atoms with E-state index in [0.717, 1.165) is 30.0 Å². The molecule has 1 aromatic carbocycles. The summed E-state index contributed by atoms with van der Waals surface area (Å²) in [6, 6.07) is 14.0. The van der Waals surface area contributed by atoms with Crippen molar-refractivity contribution in [3.8, 4) is 0 Å². The van der Waals surface area contributed by atoms with Gasteiger partial charge in [0.15, 0.2) is 0 Å². The van der Waals surface area contributed by atoms with Gasteiger partial charge >= 0.3 is 0 Å². The lowest BCUT2D eigenvalue weighted by Crippen LogP contribution is -2.05. The maximum Gasteiger partial charge on any atom is 0.123 e. The molecular formula is C16H18N4. The predicted molar refractivity (Wildman–Crippen MR) is 81.5 cm³/mol. The summed E-state index contributed by atoms with van der Waals surface area (Å²) in [5, 5.41) is 0. The second-order valence-corrected chi connectivity index (χ2v) is 4.90. The summed E-state index contributed by atoms with van der Waals surface area (Å²) in [6.07, 6.45) is 1.79. The minimum absolute atomic E-state index is 0.556. The molecule has 20 heavy (non-hydrogen) atoms. The van der Waals surface area contributed by atoms with Gasteiger partial charge in [0.2, 0.25) is 0 Å². The zero-order chi connectivity index (χ0) is 13.9. The zero-order valence-electron chi connectivity index (χ0n) is 11.6. The zero-order valence-corrected chi connectivity index (χ0v) is 11.6. The van der Waals surface area contributed by atoms with E-state index < -0.39 is 0 Å². The third kappa shape index (κ3) is 2.37. The molecule has 0 radical (unpaired) electrons. The topological polar surface area (TPSA) is 56.7 Å². The van der Waals surface area contributed by atoms with Crippen molar-refractivity contribution < 1.29 is 0 Å². The number of fused-ring (bicyclic) bond motifs is 1. The van der Waals surface area contributed by atoms with E-state index in [1.165, 1.54) is 5.52 Å². The predicted octanol–water partition coefficient (Wildman–Crippen LogP) is 3.01. The highest BCUT2D eigenvalue weighted by Crippen LogP contribution is 2.18. The first-order valence-electron chi connectivity index (χ1n) is 6.93. The van der Waals surface area contributed by atoms with Crippen LogP contribution in [0.3, 0.4) is 0 Å². The van der Waals surface area contributed by atoms with E-state index in [1.807, 2.05) is 18.2 Å². The quantitative estimate of drug-likeness (QED) is 0.789. The summed E-state index contributed by atoms with van der Waals surface area (Å²) in [5.41, 5.74) is 8.93. The Hall–Kier alpha value is -2.36. The molecule has 2 heterocycles. The van der Waals surface area contributed by atoms with Crippen molar-refractivity contribution in [3.05, 3.63) is 54.0 Å². The minimum atomic E-state index is 0.556. The summed E-state index contributed by atoms with van der Waals surface area (Å²) >= 11 is 0.